The maximum atomic E-state index is 2.71. The normalized spacial score (nSPS) is 22.8. The first-order valence-corrected chi connectivity index (χ1v) is 7.07. The van der Waals surface area contributed by atoms with Gasteiger partial charge in [-0.05, 0) is 37.3 Å². The van der Waals surface area contributed by atoms with E-state index in [1.54, 1.807) is 0 Å². The van der Waals surface area contributed by atoms with Crippen LogP contribution < -0.4 is 0 Å². The third-order valence-corrected chi connectivity index (χ3v) is 3.91. The molecule has 17 heavy (non-hydrogen) atoms. The Morgan fingerprint density at radius 3 is 2.65 bits per heavy atom. The Morgan fingerprint density at radius 2 is 2.06 bits per heavy atom. The second-order valence-electron chi connectivity index (χ2n) is 5.52. The maximum Gasteiger partial charge on any atom is 0.0136 e. The Bertz CT molecular complexity index is 320. The van der Waals surface area contributed by atoms with Crippen LogP contribution in [0, 0.1) is 5.92 Å². The maximum absolute atomic E-state index is 2.71. The van der Waals surface area contributed by atoms with E-state index in [4.69, 9.17) is 0 Å². The summed E-state index contributed by atoms with van der Waals surface area (Å²) >= 11 is 0. The van der Waals surface area contributed by atoms with Gasteiger partial charge in [0.2, 0.25) is 0 Å². The number of benzene rings is 1. The van der Waals surface area contributed by atoms with Gasteiger partial charge in [-0.2, -0.15) is 0 Å². The Kier molecular flexibility index (Phi) is 4.61. The SMILES string of the molecule is CCCC(Cc1ccccc1)N1CCC(C)C1. The van der Waals surface area contributed by atoms with E-state index in [2.05, 4.69) is 49.1 Å². The highest BCUT2D eigenvalue weighted by atomic mass is 15.2. The van der Waals surface area contributed by atoms with Crippen LogP contribution in [0.3, 0.4) is 0 Å². The number of likely N-dealkylation sites (tertiary alicyclic amines) is 1. The minimum atomic E-state index is 0.757. The van der Waals surface area contributed by atoms with E-state index in [9.17, 15) is 0 Å². The standard InChI is InChI=1S/C16H25N/c1-3-7-16(17-11-10-14(2)13-17)12-15-8-5-4-6-9-15/h4-6,8-9,14,16H,3,7,10-13H2,1-2H3. The quantitative estimate of drug-likeness (QED) is 0.746. The highest BCUT2D eigenvalue weighted by Gasteiger charge is 2.25. The number of nitrogens with zero attached hydrogens (tertiary/aromatic N) is 1. The van der Waals surface area contributed by atoms with Crippen LogP contribution in [-0.4, -0.2) is 24.0 Å². The van der Waals surface area contributed by atoms with Crippen molar-refractivity contribution in [2.24, 2.45) is 5.92 Å². The van der Waals surface area contributed by atoms with Crippen LogP contribution in [0.4, 0.5) is 0 Å². The van der Waals surface area contributed by atoms with Gasteiger partial charge >= 0.3 is 0 Å². The zero-order valence-electron chi connectivity index (χ0n) is 11.2. The van der Waals surface area contributed by atoms with E-state index in [1.807, 2.05) is 0 Å². The molecule has 1 saturated heterocycles. The fourth-order valence-electron chi connectivity index (χ4n) is 2.93. The van der Waals surface area contributed by atoms with Crippen LogP contribution in [0.15, 0.2) is 30.3 Å². The summed E-state index contributed by atoms with van der Waals surface area (Å²) in [5, 5.41) is 0. The van der Waals surface area contributed by atoms with Gasteiger partial charge in [-0.1, -0.05) is 50.6 Å². The second kappa shape index (κ2) is 6.20. The molecule has 1 aromatic carbocycles. The summed E-state index contributed by atoms with van der Waals surface area (Å²) in [7, 11) is 0. The van der Waals surface area contributed by atoms with E-state index in [-0.39, 0.29) is 0 Å². The summed E-state index contributed by atoms with van der Waals surface area (Å²) < 4.78 is 0. The van der Waals surface area contributed by atoms with Crippen LogP contribution in [0.2, 0.25) is 0 Å². The van der Waals surface area contributed by atoms with Gasteiger partial charge in [-0.25, -0.2) is 0 Å². The van der Waals surface area contributed by atoms with Gasteiger partial charge in [-0.3, -0.25) is 4.90 Å². The summed E-state index contributed by atoms with van der Waals surface area (Å²) in [5.41, 5.74) is 1.49. The lowest BCUT2D eigenvalue weighted by Crippen LogP contribution is -2.35. The van der Waals surface area contributed by atoms with Gasteiger partial charge in [0.1, 0.15) is 0 Å². The summed E-state index contributed by atoms with van der Waals surface area (Å²) in [4.78, 5) is 2.71. The molecule has 2 rings (SSSR count). The van der Waals surface area contributed by atoms with Crippen molar-refractivity contribution in [1.29, 1.82) is 0 Å². The van der Waals surface area contributed by atoms with Crippen molar-refractivity contribution in [1.82, 2.24) is 4.90 Å². The Morgan fingerprint density at radius 1 is 1.29 bits per heavy atom. The Labute approximate surface area is 106 Å². The van der Waals surface area contributed by atoms with E-state index >= 15 is 0 Å². The fourth-order valence-corrected chi connectivity index (χ4v) is 2.93. The Hall–Kier alpha value is -0.820. The lowest BCUT2D eigenvalue weighted by molar-refractivity contribution is 0.221. The first kappa shape index (κ1) is 12.6. The molecule has 1 fully saturated rings. The van der Waals surface area contributed by atoms with Gasteiger partial charge in [0, 0.05) is 12.6 Å². The van der Waals surface area contributed by atoms with E-state index in [0.717, 1.165) is 12.0 Å². The van der Waals surface area contributed by atoms with Crippen molar-refractivity contribution < 1.29 is 0 Å². The third kappa shape index (κ3) is 3.57. The molecule has 2 unspecified atom stereocenters. The first-order valence-electron chi connectivity index (χ1n) is 7.07. The van der Waals surface area contributed by atoms with Crippen molar-refractivity contribution >= 4 is 0 Å². The molecule has 0 aromatic heterocycles. The van der Waals surface area contributed by atoms with Gasteiger partial charge in [0.05, 0.1) is 0 Å². The summed E-state index contributed by atoms with van der Waals surface area (Å²) in [5.74, 6) is 0.894. The van der Waals surface area contributed by atoms with Crippen LogP contribution >= 0.6 is 0 Å². The molecule has 0 N–H and O–H groups in total. The van der Waals surface area contributed by atoms with Gasteiger partial charge in [0.25, 0.3) is 0 Å². The predicted octanol–water partition coefficient (Wildman–Crippen LogP) is 3.74. The van der Waals surface area contributed by atoms with Crippen molar-refractivity contribution in [3.05, 3.63) is 35.9 Å². The molecule has 94 valence electrons. The fraction of sp³-hybridized carbons (Fsp3) is 0.625. The van der Waals surface area contributed by atoms with Crippen molar-refractivity contribution in [2.45, 2.75) is 45.6 Å². The van der Waals surface area contributed by atoms with E-state index < -0.39 is 0 Å². The average Bonchev–Trinajstić information content (AvgIpc) is 2.77. The molecule has 0 aliphatic carbocycles. The minimum Gasteiger partial charge on any atom is -0.300 e. The van der Waals surface area contributed by atoms with Crippen molar-refractivity contribution in [2.75, 3.05) is 13.1 Å². The smallest absolute Gasteiger partial charge is 0.0136 e. The van der Waals surface area contributed by atoms with E-state index in [1.165, 1.54) is 44.3 Å². The highest BCUT2D eigenvalue weighted by molar-refractivity contribution is 5.16. The molecular weight excluding hydrogens is 206 g/mol. The molecule has 1 aliphatic rings. The monoisotopic (exact) mass is 231 g/mol. The lowest BCUT2D eigenvalue weighted by Gasteiger charge is -2.27. The first-order chi connectivity index (χ1) is 8.29. The molecule has 1 aliphatic heterocycles. The Balaban J connectivity index is 1.97. The molecular formula is C16H25N. The molecule has 0 radical (unpaired) electrons. The van der Waals surface area contributed by atoms with Gasteiger partial charge in [0.15, 0.2) is 0 Å². The predicted molar refractivity (Wildman–Crippen MR) is 74.2 cm³/mol. The molecule has 0 spiro atoms. The molecule has 1 aromatic rings. The number of rotatable bonds is 5. The second-order valence-corrected chi connectivity index (χ2v) is 5.52. The third-order valence-electron chi connectivity index (χ3n) is 3.91. The van der Waals surface area contributed by atoms with Crippen molar-refractivity contribution in [3.8, 4) is 0 Å². The highest BCUT2D eigenvalue weighted by Crippen LogP contribution is 2.22. The zero-order chi connectivity index (χ0) is 12.1. The molecule has 2 atom stereocenters. The molecule has 1 heteroatoms. The molecule has 1 heterocycles. The molecule has 1 nitrogen and oxygen atoms in total. The minimum absolute atomic E-state index is 0.757. The van der Waals surface area contributed by atoms with Crippen LogP contribution in [0.25, 0.3) is 0 Å². The number of hydrogen-bond acceptors (Lipinski definition) is 1. The molecule has 0 saturated carbocycles. The topological polar surface area (TPSA) is 3.24 Å². The largest absolute Gasteiger partial charge is 0.300 e. The molecule has 0 amide bonds. The van der Waals surface area contributed by atoms with E-state index in [0.29, 0.717) is 0 Å². The average molecular weight is 231 g/mol. The molecule has 0 bridgehead atoms. The lowest BCUT2D eigenvalue weighted by atomic mass is 10.0. The van der Waals surface area contributed by atoms with Crippen LogP contribution in [-0.2, 0) is 6.42 Å². The van der Waals surface area contributed by atoms with Gasteiger partial charge in [-0.15, -0.1) is 0 Å². The van der Waals surface area contributed by atoms with Gasteiger partial charge < -0.3 is 0 Å². The van der Waals surface area contributed by atoms with Crippen LogP contribution in [0.1, 0.15) is 38.7 Å². The number of hydrogen-bond donors (Lipinski definition) is 0. The van der Waals surface area contributed by atoms with Crippen LogP contribution in [0.5, 0.6) is 0 Å². The van der Waals surface area contributed by atoms with Crippen molar-refractivity contribution in [3.63, 3.8) is 0 Å². The summed E-state index contributed by atoms with van der Waals surface area (Å²) in [6.07, 6.45) is 5.24. The summed E-state index contributed by atoms with van der Waals surface area (Å²) in [6.45, 7) is 7.29. The summed E-state index contributed by atoms with van der Waals surface area (Å²) in [6, 6.07) is 11.7. The zero-order valence-corrected chi connectivity index (χ0v) is 11.2.